The molecule has 1 aromatic heterocycles. The van der Waals surface area contributed by atoms with Crippen LogP contribution >= 0.6 is 0 Å². The van der Waals surface area contributed by atoms with Gasteiger partial charge in [-0.1, -0.05) is 0 Å². The molecule has 122 valence electrons. The molecule has 0 unspecified atom stereocenters. The minimum Gasteiger partial charge on any atom is -0.427 e. The lowest BCUT2D eigenvalue weighted by molar-refractivity contribution is -0.386. The van der Waals surface area contributed by atoms with Crippen LogP contribution in [0, 0.1) is 17.0 Å². The van der Waals surface area contributed by atoms with Crippen LogP contribution in [0.5, 0.6) is 5.75 Å². The van der Waals surface area contributed by atoms with Gasteiger partial charge in [0.2, 0.25) is 5.75 Å². The van der Waals surface area contributed by atoms with Gasteiger partial charge >= 0.3 is 12.3 Å². The zero-order valence-corrected chi connectivity index (χ0v) is 12.4. The van der Waals surface area contributed by atoms with Crippen LogP contribution in [-0.2, 0) is 13.1 Å². The topological polar surface area (TPSA) is 73.4 Å². The van der Waals surface area contributed by atoms with Crippen LogP contribution in [-0.4, -0.2) is 33.2 Å². The molecular weight excluding hydrogens is 310 g/mol. The number of fused-ring (bicyclic) bond motifs is 1. The van der Waals surface area contributed by atoms with E-state index in [1.165, 1.54) is 4.68 Å². The Morgan fingerprint density at radius 3 is 2.83 bits per heavy atom. The van der Waals surface area contributed by atoms with Gasteiger partial charge in [0.15, 0.2) is 1.37 Å². The van der Waals surface area contributed by atoms with E-state index in [2.05, 4.69) is 14.7 Å². The fourth-order valence-corrected chi connectivity index (χ4v) is 2.65. The van der Waals surface area contributed by atoms with Gasteiger partial charge in [-0.2, -0.15) is 13.9 Å². The van der Waals surface area contributed by atoms with E-state index < -0.39 is 22.9 Å². The molecule has 3 rings (SSSR count). The van der Waals surface area contributed by atoms with Crippen LogP contribution < -0.4 is 4.74 Å². The number of ether oxygens (including phenoxy) is 1. The highest BCUT2D eigenvalue weighted by atomic mass is 19.3. The summed E-state index contributed by atoms with van der Waals surface area (Å²) in [6.07, 6.45) is 1.76. The molecule has 23 heavy (non-hydrogen) atoms. The van der Waals surface area contributed by atoms with E-state index in [0.717, 1.165) is 29.9 Å². The maximum absolute atomic E-state index is 12.9. The van der Waals surface area contributed by atoms with Gasteiger partial charge in [-0.3, -0.25) is 15.0 Å². The molecule has 0 radical (unpaired) electrons. The lowest BCUT2D eigenvalue weighted by Gasteiger charge is -2.11. The maximum atomic E-state index is 12.9. The molecule has 2 aromatic rings. The molecule has 9 heteroatoms. The minimum atomic E-state index is -4.27. The van der Waals surface area contributed by atoms with Gasteiger partial charge < -0.3 is 4.74 Å². The van der Waals surface area contributed by atoms with E-state index in [4.69, 9.17) is 1.37 Å². The summed E-state index contributed by atoms with van der Waals surface area (Å²) >= 11 is 0. The van der Waals surface area contributed by atoms with Crippen molar-refractivity contribution in [3.63, 3.8) is 0 Å². The number of hydrogen-bond acceptors (Lipinski definition) is 5. The van der Waals surface area contributed by atoms with Crippen LogP contribution in [0.2, 0.25) is 0 Å². The number of hydrogen-bond donors (Lipinski definition) is 0. The Morgan fingerprint density at radius 1 is 1.48 bits per heavy atom. The number of halogens is 2. The van der Waals surface area contributed by atoms with Crippen molar-refractivity contribution in [1.82, 2.24) is 14.7 Å². The van der Waals surface area contributed by atoms with Gasteiger partial charge in [-0.25, -0.2) is 4.68 Å². The standard InChI is InChI=1S/C14H14F2N4O3/c1-8-3-12(20(21)22)13(23-14(15)16)4-11(8)19-6-9-5-18(2)7-10(9)17-19/h3-4,6,14H,5,7H2,1-2H3/i14D. The molecule has 0 amide bonds. The number of aryl methyl sites for hydroxylation is 1. The van der Waals surface area contributed by atoms with Crippen LogP contribution in [0.15, 0.2) is 18.3 Å². The third kappa shape index (κ3) is 2.87. The highest BCUT2D eigenvalue weighted by Gasteiger charge is 2.24. The molecule has 7 nitrogen and oxygen atoms in total. The molecule has 0 saturated carbocycles. The number of nitro groups is 1. The molecule has 0 spiro atoms. The van der Waals surface area contributed by atoms with E-state index >= 15 is 0 Å². The molecule has 1 aliphatic rings. The number of alkyl halides is 2. The largest absolute Gasteiger partial charge is 0.427 e. The van der Waals surface area contributed by atoms with Crippen LogP contribution in [0.4, 0.5) is 14.5 Å². The SMILES string of the molecule is [2H]C(F)(F)Oc1cc(-n2cc3c(n2)CN(C)C3)c(C)cc1[N+](=O)[O-]. The minimum absolute atomic E-state index is 0.386. The summed E-state index contributed by atoms with van der Waals surface area (Å²) < 4.78 is 37.9. The van der Waals surface area contributed by atoms with Crippen molar-refractivity contribution in [2.45, 2.75) is 26.6 Å². The third-order valence-electron chi connectivity index (χ3n) is 3.65. The van der Waals surface area contributed by atoms with Gasteiger partial charge in [0.25, 0.3) is 0 Å². The molecule has 1 aliphatic heterocycles. The summed E-state index contributed by atoms with van der Waals surface area (Å²) in [5.41, 5.74) is 2.11. The molecule has 0 bridgehead atoms. The number of rotatable bonds is 4. The zero-order chi connectivity index (χ0) is 17.6. The Morgan fingerprint density at radius 2 is 2.22 bits per heavy atom. The van der Waals surface area contributed by atoms with Gasteiger partial charge in [-0.15, -0.1) is 0 Å². The molecule has 0 aliphatic carbocycles. The number of aromatic nitrogens is 2. The van der Waals surface area contributed by atoms with Crippen LogP contribution in [0.3, 0.4) is 0 Å². The normalized spacial score (nSPS) is 15.4. The van der Waals surface area contributed by atoms with Crippen LogP contribution in [0.25, 0.3) is 5.69 Å². The Kier molecular flexibility index (Phi) is 3.41. The second-order valence-electron chi connectivity index (χ2n) is 5.41. The monoisotopic (exact) mass is 325 g/mol. The highest BCUT2D eigenvalue weighted by Crippen LogP contribution is 2.34. The number of benzene rings is 1. The predicted octanol–water partition coefficient (Wildman–Crippen LogP) is 2.64. The van der Waals surface area contributed by atoms with E-state index in [0.29, 0.717) is 17.8 Å². The zero-order valence-electron chi connectivity index (χ0n) is 13.4. The summed E-state index contributed by atoms with van der Waals surface area (Å²) in [4.78, 5) is 12.3. The van der Waals surface area contributed by atoms with Crippen molar-refractivity contribution in [1.29, 1.82) is 0 Å². The van der Waals surface area contributed by atoms with E-state index in [-0.39, 0.29) is 0 Å². The lowest BCUT2D eigenvalue weighted by atomic mass is 10.1. The van der Waals surface area contributed by atoms with E-state index in [9.17, 15) is 18.9 Å². The Hall–Kier alpha value is -2.55. The van der Waals surface area contributed by atoms with Gasteiger partial charge in [0.05, 0.1) is 16.3 Å². The molecule has 2 heterocycles. The first-order valence-corrected chi connectivity index (χ1v) is 6.76. The van der Waals surface area contributed by atoms with Crippen molar-refractivity contribution in [3.05, 3.63) is 45.3 Å². The summed E-state index contributed by atoms with van der Waals surface area (Å²) in [5.74, 6) is -0.673. The van der Waals surface area contributed by atoms with Gasteiger partial charge in [0, 0.05) is 37.0 Å². The molecule has 0 fully saturated rings. The molecule has 0 atom stereocenters. The number of nitro benzene ring substituents is 1. The first-order chi connectivity index (χ1) is 11.1. The Balaban J connectivity index is 2.07. The molecule has 0 N–H and O–H groups in total. The smallest absolute Gasteiger partial charge is 0.387 e. The van der Waals surface area contributed by atoms with Crippen molar-refractivity contribution < 1.29 is 19.8 Å². The quantitative estimate of drug-likeness (QED) is 0.638. The third-order valence-corrected chi connectivity index (χ3v) is 3.65. The molecule has 0 saturated heterocycles. The summed E-state index contributed by atoms with van der Waals surface area (Å²) in [6, 6.07) is 2.25. The lowest BCUT2D eigenvalue weighted by Crippen LogP contribution is -2.11. The highest BCUT2D eigenvalue weighted by molar-refractivity contribution is 5.57. The average Bonchev–Trinajstić information content (AvgIpc) is 2.95. The summed E-state index contributed by atoms with van der Waals surface area (Å²) in [5, 5.41) is 15.4. The van der Waals surface area contributed by atoms with Gasteiger partial charge in [-0.05, 0) is 19.5 Å². The maximum Gasteiger partial charge on any atom is 0.387 e. The summed E-state index contributed by atoms with van der Waals surface area (Å²) in [7, 11) is 1.95. The van der Waals surface area contributed by atoms with E-state index in [1.807, 2.05) is 7.05 Å². The first-order valence-electron chi connectivity index (χ1n) is 7.26. The summed E-state index contributed by atoms with van der Waals surface area (Å²) in [6.45, 7) is -1.27. The first kappa shape index (κ1) is 14.1. The van der Waals surface area contributed by atoms with Crippen molar-refractivity contribution >= 4 is 5.69 Å². The number of nitrogens with zero attached hydrogens (tertiary/aromatic N) is 4. The fraction of sp³-hybridized carbons (Fsp3) is 0.357. The average molecular weight is 325 g/mol. The Labute approximate surface area is 131 Å². The molecule has 1 aromatic carbocycles. The second kappa shape index (κ2) is 5.58. The van der Waals surface area contributed by atoms with E-state index in [1.54, 1.807) is 13.1 Å². The molecular formula is C14H14F2N4O3. The van der Waals surface area contributed by atoms with Crippen molar-refractivity contribution in [2.24, 2.45) is 0 Å². The second-order valence-corrected chi connectivity index (χ2v) is 5.41. The van der Waals surface area contributed by atoms with Crippen molar-refractivity contribution in [2.75, 3.05) is 7.05 Å². The Bertz CT molecular complexity index is 796. The van der Waals surface area contributed by atoms with Gasteiger partial charge in [0.1, 0.15) is 0 Å². The van der Waals surface area contributed by atoms with Crippen LogP contribution in [0.1, 0.15) is 18.2 Å². The van der Waals surface area contributed by atoms with Crippen molar-refractivity contribution in [3.8, 4) is 11.4 Å². The predicted molar refractivity (Wildman–Crippen MR) is 76.8 cm³/mol. The fourth-order valence-electron chi connectivity index (χ4n) is 2.65.